The molecule has 0 aromatic rings. The second-order valence-electron chi connectivity index (χ2n) is 2.42. The lowest BCUT2D eigenvalue weighted by atomic mass is 10.0. The molecule has 4 nitrogen and oxygen atoms in total. The van der Waals surface area contributed by atoms with Gasteiger partial charge in [-0.25, -0.2) is 0 Å². The van der Waals surface area contributed by atoms with E-state index in [0.717, 1.165) is 6.42 Å². The number of primary amides is 1. The zero-order valence-electron chi connectivity index (χ0n) is 7.83. The first kappa shape index (κ1) is 10.9. The largest absolute Gasteiger partial charge is 0.368 e. The van der Waals surface area contributed by atoms with Crippen molar-refractivity contribution in [1.29, 1.82) is 0 Å². The predicted octanol–water partition coefficient (Wildman–Crippen LogP) is 0.365. The van der Waals surface area contributed by atoms with Gasteiger partial charge in [-0.15, -0.1) is 0 Å². The van der Waals surface area contributed by atoms with Gasteiger partial charge in [-0.2, -0.15) is 0 Å². The van der Waals surface area contributed by atoms with Crippen molar-refractivity contribution in [3.8, 4) is 0 Å². The third-order valence-corrected chi connectivity index (χ3v) is 1.75. The van der Waals surface area contributed by atoms with Crippen LogP contribution < -0.4 is 5.73 Å². The Balaban J connectivity index is 0. The Kier molecular flexibility index (Phi) is 4.33. The van der Waals surface area contributed by atoms with Gasteiger partial charge in [0.05, 0.1) is 0 Å². The monoisotopic (exact) mass is 174 g/mol. The first-order valence-corrected chi connectivity index (χ1v) is 4.19. The van der Waals surface area contributed by atoms with Crippen LogP contribution in [0.4, 0.5) is 0 Å². The van der Waals surface area contributed by atoms with Crippen LogP contribution in [-0.2, 0) is 9.59 Å². The number of rotatable bonds is 1. The van der Waals surface area contributed by atoms with Gasteiger partial charge in [-0.3, -0.25) is 9.59 Å². The van der Waals surface area contributed by atoms with E-state index in [4.69, 9.17) is 5.73 Å². The molecule has 0 aromatic carbocycles. The SMILES string of the molecule is CC.CC(=O)N1CCC1C(N)=O.[HH]. The van der Waals surface area contributed by atoms with Crippen LogP contribution >= 0.6 is 0 Å². The van der Waals surface area contributed by atoms with Crippen LogP contribution in [0.5, 0.6) is 0 Å². The quantitative estimate of drug-likeness (QED) is 0.624. The van der Waals surface area contributed by atoms with Crippen molar-refractivity contribution in [2.24, 2.45) is 5.73 Å². The fourth-order valence-corrected chi connectivity index (χ4v) is 1.06. The zero-order chi connectivity index (χ0) is 9.72. The summed E-state index contributed by atoms with van der Waals surface area (Å²) in [5, 5.41) is 0. The van der Waals surface area contributed by atoms with E-state index in [0.29, 0.717) is 6.54 Å². The maximum Gasteiger partial charge on any atom is 0.240 e. The molecule has 1 saturated heterocycles. The summed E-state index contributed by atoms with van der Waals surface area (Å²) in [5.41, 5.74) is 4.99. The molecule has 2 N–H and O–H groups in total. The van der Waals surface area contributed by atoms with Crippen molar-refractivity contribution in [1.82, 2.24) is 4.90 Å². The minimum atomic E-state index is -0.401. The smallest absolute Gasteiger partial charge is 0.240 e. The van der Waals surface area contributed by atoms with Gasteiger partial charge in [0.2, 0.25) is 11.8 Å². The molecule has 4 heteroatoms. The van der Waals surface area contributed by atoms with E-state index >= 15 is 0 Å². The standard InChI is InChI=1S/C6H10N2O2.C2H6.H2/c1-4(9)8-3-2-5(8)6(7)10;1-2;/h5H,2-3H2,1H3,(H2,7,10);1-2H3;1H. The number of likely N-dealkylation sites (tertiary alicyclic amines) is 1. The molecule has 1 heterocycles. The third-order valence-electron chi connectivity index (χ3n) is 1.75. The molecule has 0 bridgehead atoms. The number of nitrogens with zero attached hydrogens (tertiary/aromatic N) is 1. The maximum absolute atomic E-state index is 10.7. The molecule has 0 saturated carbocycles. The average molecular weight is 174 g/mol. The molecular formula is C8H18N2O2. The summed E-state index contributed by atoms with van der Waals surface area (Å²) in [6.07, 6.45) is 0.717. The Morgan fingerprint density at radius 2 is 2.00 bits per heavy atom. The zero-order valence-corrected chi connectivity index (χ0v) is 7.83. The fraction of sp³-hybridized carbons (Fsp3) is 0.750. The van der Waals surface area contributed by atoms with E-state index in [9.17, 15) is 9.59 Å². The molecular weight excluding hydrogens is 156 g/mol. The normalized spacial score (nSPS) is 20.2. The van der Waals surface area contributed by atoms with E-state index in [1.165, 1.54) is 11.8 Å². The first-order chi connectivity index (χ1) is 5.63. The van der Waals surface area contributed by atoms with Gasteiger partial charge in [-0.05, 0) is 6.42 Å². The molecule has 2 amide bonds. The molecule has 1 unspecified atom stereocenters. The fourth-order valence-electron chi connectivity index (χ4n) is 1.06. The Morgan fingerprint density at radius 3 is 2.08 bits per heavy atom. The van der Waals surface area contributed by atoms with Gasteiger partial charge in [0, 0.05) is 14.9 Å². The number of carbonyl (C=O) groups is 2. The number of carbonyl (C=O) groups excluding carboxylic acids is 2. The third kappa shape index (κ3) is 2.22. The van der Waals surface area contributed by atoms with Crippen molar-refractivity contribution < 1.29 is 11.0 Å². The lowest BCUT2D eigenvalue weighted by molar-refractivity contribution is -0.144. The van der Waals surface area contributed by atoms with Crippen molar-refractivity contribution >= 4 is 11.8 Å². The minimum Gasteiger partial charge on any atom is -0.368 e. The van der Waals surface area contributed by atoms with Crippen LogP contribution in [0.25, 0.3) is 0 Å². The van der Waals surface area contributed by atoms with E-state index in [-0.39, 0.29) is 13.4 Å². The maximum atomic E-state index is 10.7. The molecule has 1 rings (SSSR count). The highest BCUT2D eigenvalue weighted by atomic mass is 16.2. The van der Waals surface area contributed by atoms with Crippen LogP contribution in [0.3, 0.4) is 0 Å². The highest BCUT2D eigenvalue weighted by Gasteiger charge is 2.33. The van der Waals surface area contributed by atoms with Crippen LogP contribution in [0.2, 0.25) is 0 Å². The van der Waals surface area contributed by atoms with Crippen molar-refractivity contribution in [2.45, 2.75) is 33.2 Å². The lowest BCUT2D eigenvalue weighted by Gasteiger charge is -2.37. The van der Waals surface area contributed by atoms with E-state index in [2.05, 4.69) is 0 Å². The van der Waals surface area contributed by atoms with Crippen LogP contribution in [0, 0.1) is 0 Å². The van der Waals surface area contributed by atoms with Crippen LogP contribution in [0.1, 0.15) is 28.6 Å². The summed E-state index contributed by atoms with van der Waals surface area (Å²) < 4.78 is 0. The van der Waals surface area contributed by atoms with Crippen molar-refractivity contribution in [2.75, 3.05) is 6.54 Å². The summed E-state index contributed by atoms with van der Waals surface area (Å²) in [6.45, 7) is 6.11. The highest BCUT2D eigenvalue weighted by Crippen LogP contribution is 2.15. The Morgan fingerprint density at radius 1 is 1.50 bits per heavy atom. The number of hydrogen-bond donors (Lipinski definition) is 1. The molecule has 1 aliphatic heterocycles. The molecule has 0 aromatic heterocycles. The number of hydrogen-bond acceptors (Lipinski definition) is 2. The van der Waals surface area contributed by atoms with E-state index in [1.807, 2.05) is 13.8 Å². The Labute approximate surface area is 74.2 Å². The minimum absolute atomic E-state index is 0. The average Bonchev–Trinajstić information content (AvgIpc) is 1.86. The molecule has 0 aliphatic carbocycles. The van der Waals surface area contributed by atoms with E-state index < -0.39 is 5.91 Å². The number of nitrogens with two attached hydrogens (primary N) is 1. The molecule has 72 valence electrons. The summed E-state index contributed by atoms with van der Waals surface area (Å²) in [6, 6.07) is -0.336. The lowest BCUT2D eigenvalue weighted by Crippen LogP contribution is -2.56. The van der Waals surface area contributed by atoms with Crippen LogP contribution in [-0.4, -0.2) is 29.3 Å². The molecule has 12 heavy (non-hydrogen) atoms. The predicted molar refractivity (Wildman–Crippen MR) is 48.4 cm³/mol. The van der Waals surface area contributed by atoms with Gasteiger partial charge >= 0.3 is 0 Å². The van der Waals surface area contributed by atoms with Gasteiger partial charge < -0.3 is 10.6 Å². The summed E-state index contributed by atoms with van der Waals surface area (Å²) in [5.74, 6) is -0.475. The van der Waals surface area contributed by atoms with Gasteiger partial charge in [0.25, 0.3) is 0 Å². The topological polar surface area (TPSA) is 63.4 Å². The summed E-state index contributed by atoms with van der Waals surface area (Å²) in [7, 11) is 0. The second kappa shape index (κ2) is 4.74. The Hall–Kier alpha value is -1.06. The van der Waals surface area contributed by atoms with Gasteiger partial charge in [0.15, 0.2) is 0 Å². The number of amides is 2. The Bertz CT molecular complexity index is 165. The van der Waals surface area contributed by atoms with E-state index in [1.54, 1.807) is 0 Å². The van der Waals surface area contributed by atoms with Crippen molar-refractivity contribution in [3.63, 3.8) is 0 Å². The first-order valence-electron chi connectivity index (χ1n) is 4.19. The molecule has 1 fully saturated rings. The molecule has 0 radical (unpaired) electrons. The molecule has 1 aliphatic rings. The second-order valence-corrected chi connectivity index (χ2v) is 2.42. The van der Waals surface area contributed by atoms with Gasteiger partial charge in [0.1, 0.15) is 6.04 Å². The summed E-state index contributed by atoms with van der Waals surface area (Å²) >= 11 is 0. The summed E-state index contributed by atoms with van der Waals surface area (Å²) in [4.78, 5) is 22.7. The van der Waals surface area contributed by atoms with Crippen molar-refractivity contribution in [3.05, 3.63) is 0 Å². The van der Waals surface area contributed by atoms with Gasteiger partial charge in [-0.1, -0.05) is 13.8 Å². The highest BCUT2D eigenvalue weighted by molar-refractivity contribution is 5.87. The molecule has 1 atom stereocenters. The molecule has 0 spiro atoms. The van der Waals surface area contributed by atoms with Crippen LogP contribution in [0.15, 0.2) is 0 Å².